The van der Waals surface area contributed by atoms with Gasteiger partial charge < -0.3 is 25.0 Å². The number of guanidine groups is 1. The van der Waals surface area contributed by atoms with Gasteiger partial charge in [-0.2, -0.15) is 0 Å². The lowest BCUT2D eigenvalue weighted by Gasteiger charge is -2.32. The lowest BCUT2D eigenvalue weighted by atomic mass is 9.97. The third-order valence-electron chi connectivity index (χ3n) is 4.82. The summed E-state index contributed by atoms with van der Waals surface area (Å²) in [6.45, 7) is 8.70. The minimum Gasteiger partial charge on any atom is -0.496 e. The summed E-state index contributed by atoms with van der Waals surface area (Å²) in [6.07, 6.45) is 2.45. The van der Waals surface area contributed by atoms with Crippen molar-refractivity contribution in [1.29, 1.82) is 0 Å². The molecule has 0 aromatic heterocycles. The minimum absolute atomic E-state index is 0.606. The van der Waals surface area contributed by atoms with Crippen molar-refractivity contribution in [2.75, 3.05) is 53.6 Å². The van der Waals surface area contributed by atoms with Crippen LogP contribution in [0.1, 0.15) is 25.3 Å². The van der Waals surface area contributed by atoms with E-state index in [2.05, 4.69) is 28.5 Å². The van der Waals surface area contributed by atoms with Gasteiger partial charge in [0.2, 0.25) is 0 Å². The van der Waals surface area contributed by atoms with E-state index < -0.39 is 0 Å². The smallest absolute Gasteiger partial charge is 0.191 e. The molecule has 1 aromatic carbocycles. The highest BCUT2D eigenvalue weighted by Crippen LogP contribution is 2.18. The van der Waals surface area contributed by atoms with E-state index in [1.54, 1.807) is 14.2 Å². The Balaban J connectivity index is 1.81. The van der Waals surface area contributed by atoms with Crippen molar-refractivity contribution in [2.45, 2.75) is 26.3 Å². The van der Waals surface area contributed by atoms with Gasteiger partial charge >= 0.3 is 0 Å². The molecule has 1 aliphatic rings. The second-order valence-electron chi connectivity index (χ2n) is 6.67. The molecule has 0 bridgehead atoms. The van der Waals surface area contributed by atoms with Crippen LogP contribution in [0.2, 0.25) is 0 Å². The fourth-order valence-electron chi connectivity index (χ4n) is 3.22. The van der Waals surface area contributed by atoms with Crippen molar-refractivity contribution in [1.82, 2.24) is 15.5 Å². The Morgan fingerprint density at radius 2 is 1.96 bits per heavy atom. The van der Waals surface area contributed by atoms with E-state index in [1.165, 1.54) is 12.8 Å². The second-order valence-corrected chi connectivity index (χ2v) is 6.67. The topological polar surface area (TPSA) is 58.1 Å². The number of hydrogen-bond donors (Lipinski definition) is 2. The van der Waals surface area contributed by atoms with Gasteiger partial charge in [-0.05, 0) is 44.8 Å². The molecule has 0 atom stereocenters. The van der Waals surface area contributed by atoms with Crippen molar-refractivity contribution >= 4 is 5.96 Å². The predicted molar refractivity (Wildman–Crippen MR) is 107 cm³/mol. The van der Waals surface area contributed by atoms with Crippen molar-refractivity contribution in [3.05, 3.63) is 29.8 Å². The van der Waals surface area contributed by atoms with Crippen molar-refractivity contribution < 1.29 is 9.47 Å². The molecule has 6 nitrogen and oxygen atoms in total. The highest BCUT2D eigenvalue weighted by Gasteiger charge is 2.19. The molecule has 1 heterocycles. The normalized spacial score (nSPS) is 16.5. The lowest BCUT2D eigenvalue weighted by molar-refractivity contribution is 0.121. The summed E-state index contributed by atoms with van der Waals surface area (Å²) in [6, 6.07) is 8.03. The van der Waals surface area contributed by atoms with Crippen molar-refractivity contribution in [3.63, 3.8) is 0 Å². The molecule has 0 amide bonds. The van der Waals surface area contributed by atoms with Crippen LogP contribution >= 0.6 is 0 Å². The predicted octanol–water partition coefficient (Wildman–Crippen LogP) is 2.11. The molecule has 2 rings (SSSR count). The number of ether oxygens (including phenoxy) is 2. The quantitative estimate of drug-likeness (QED) is 0.520. The molecule has 0 saturated carbocycles. The van der Waals surface area contributed by atoms with Gasteiger partial charge in [-0.1, -0.05) is 18.2 Å². The van der Waals surface area contributed by atoms with Crippen LogP contribution in [0.25, 0.3) is 0 Å². The number of likely N-dealkylation sites (tertiary alicyclic amines) is 1. The van der Waals surface area contributed by atoms with Gasteiger partial charge in [0.05, 0.1) is 20.3 Å². The summed E-state index contributed by atoms with van der Waals surface area (Å²) < 4.78 is 10.6. The maximum atomic E-state index is 5.41. The molecule has 1 aliphatic heterocycles. The zero-order valence-electron chi connectivity index (χ0n) is 16.5. The molecule has 1 fully saturated rings. The summed E-state index contributed by atoms with van der Waals surface area (Å²) in [4.78, 5) is 7.21. The van der Waals surface area contributed by atoms with Crippen LogP contribution in [0.15, 0.2) is 29.3 Å². The first-order chi connectivity index (χ1) is 12.8. The highest BCUT2D eigenvalue weighted by atomic mass is 16.5. The molecule has 2 N–H and O–H groups in total. The average molecular weight is 363 g/mol. The Bertz CT molecular complexity index is 542. The lowest BCUT2D eigenvalue weighted by Crippen LogP contribution is -2.43. The van der Waals surface area contributed by atoms with Gasteiger partial charge in [0.1, 0.15) is 5.75 Å². The molecular formula is C20H34N4O2. The van der Waals surface area contributed by atoms with Crippen LogP contribution in [0.5, 0.6) is 5.75 Å². The molecule has 1 aromatic rings. The van der Waals surface area contributed by atoms with Gasteiger partial charge in [0.15, 0.2) is 5.96 Å². The number of rotatable bonds is 9. The SMILES string of the molecule is CCNC(=NCc1ccccc1OC)NCC1CCN(CCOC)CC1. The number of para-hydroxylation sites is 1. The number of benzene rings is 1. The van der Waals surface area contributed by atoms with E-state index in [4.69, 9.17) is 14.5 Å². The van der Waals surface area contributed by atoms with Crippen LogP contribution in [-0.4, -0.2) is 64.4 Å². The molecule has 0 aliphatic carbocycles. The minimum atomic E-state index is 0.606. The zero-order chi connectivity index (χ0) is 18.6. The van der Waals surface area contributed by atoms with Gasteiger partial charge in [-0.15, -0.1) is 0 Å². The Labute approximate surface area is 158 Å². The summed E-state index contributed by atoms with van der Waals surface area (Å²) >= 11 is 0. The molecule has 0 spiro atoms. The van der Waals surface area contributed by atoms with E-state index in [1.807, 2.05) is 18.2 Å². The van der Waals surface area contributed by atoms with Crippen LogP contribution in [0, 0.1) is 5.92 Å². The number of nitrogens with one attached hydrogen (secondary N) is 2. The first-order valence-electron chi connectivity index (χ1n) is 9.62. The summed E-state index contributed by atoms with van der Waals surface area (Å²) in [7, 11) is 3.47. The molecular weight excluding hydrogens is 328 g/mol. The summed E-state index contributed by atoms with van der Waals surface area (Å²) in [5.41, 5.74) is 1.10. The van der Waals surface area contributed by atoms with Crippen LogP contribution < -0.4 is 15.4 Å². The Morgan fingerprint density at radius 3 is 2.65 bits per heavy atom. The average Bonchev–Trinajstić information content (AvgIpc) is 2.69. The van der Waals surface area contributed by atoms with Crippen molar-refractivity contribution in [2.24, 2.45) is 10.9 Å². The number of hydrogen-bond acceptors (Lipinski definition) is 4. The van der Waals surface area contributed by atoms with Crippen LogP contribution in [-0.2, 0) is 11.3 Å². The molecule has 26 heavy (non-hydrogen) atoms. The van der Waals surface area contributed by atoms with Crippen LogP contribution in [0.3, 0.4) is 0 Å². The van der Waals surface area contributed by atoms with Gasteiger partial charge in [-0.3, -0.25) is 0 Å². The second kappa shape index (κ2) is 11.8. The largest absolute Gasteiger partial charge is 0.496 e. The standard InChI is InChI=1S/C20H34N4O2/c1-4-21-20(23-16-18-7-5-6-8-19(18)26-3)22-15-17-9-11-24(12-10-17)13-14-25-2/h5-8,17H,4,9-16H2,1-3H3,(H2,21,22,23). The van der Waals surface area contributed by atoms with Gasteiger partial charge in [0, 0.05) is 32.3 Å². The fourth-order valence-corrected chi connectivity index (χ4v) is 3.22. The molecule has 0 radical (unpaired) electrons. The summed E-state index contributed by atoms with van der Waals surface area (Å²) in [5.74, 6) is 2.46. The first-order valence-corrected chi connectivity index (χ1v) is 9.62. The summed E-state index contributed by atoms with van der Waals surface area (Å²) in [5, 5.41) is 6.85. The number of methoxy groups -OCH3 is 2. The third-order valence-corrected chi connectivity index (χ3v) is 4.82. The highest BCUT2D eigenvalue weighted by molar-refractivity contribution is 5.79. The Kier molecular flexibility index (Phi) is 9.28. The van der Waals surface area contributed by atoms with Crippen molar-refractivity contribution in [3.8, 4) is 5.75 Å². The molecule has 146 valence electrons. The third kappa shape index (κ3) is 6.84. The van der Waals surface area contributed by atoms with E-state index in [0.29, 0.717) is 12.5 Å². The van der Waals surface area contributed by atoms with E-state index >= 15 is 0 Å². The monoisotopic (exact) mass is 362 g/mol. The maximum Gasteiger partial charge on any atom is 0.191 e. The zero-order valence-corrected chi connectivity index (χ0v) is 16.5. The molecule has 0 unspecified atom stereocenters. The van der Waals surface area contributed by atoms with Gasteiger partial charge in [-0.25, -0.2) is 4.99 Å². The van der Waals surface area contributed by atoms with E-state index in [-0.39, 0.29) is 0 Å². The maximum absolute atomic E-state index is 5.41. The Morgan fingerprint density at radius 1 is 1.19 bits per heavy atom. The molecule has 1 saturated heterocycles. The fraction of sp³-hybridized carbons (Fsp3) is 0.650. The van der Waals surface area contributed by atoms with Crippen LogP contribution in [0.4, 0.5) is 0 Å². The molecule has 6 heteroatoms. The van der Waals surface area contributed by atoms with Gasteiger partial charge in [0.25, 0.3) is 0 Å². The van der Waals surface area contributed by atoms with E-state index in [0.717, 1.165) is 56.6 Å². The Hall–Kier alpha value is -1.79. The number of nitrogens with zero attached hydrogens (tertiary/aromatic N) is 2. The first kappa shape index (κ1) is 20.5. The van der Waals surface area contributed by atoms with E-state index in [9.17, 15) is 0 Å². The number of aliphatic imine (C=N–C) groups is 1. The number of piperidine rings is 1.